The van der Waals surface area contributed by atoms with Gasteiger partial charge in [0.2, 0.25) is 0 Å². The van der Waals surface area contributed by atoms with Crippen LogP contribution in [-0.2, 0) is 4.74 Å². The monoisotopic (exact) mass is 138 g/mol. The summed E-state index contributed by atoms with van der Waals surface area (Å²) in [4.78, 5) is 0. The maximum atomic E-state index is 5.22. The normalized spacial score (nSPS) is 19.9. The lowest BCUT2D eigenvalue weighted by Gasteiger charge is -2.11. The van der Waals surface area contributed by atoms with Crippen molar-refractivity contribution >= 4 is 0 Å². The third kappa shape index (κ3) is 1.63. The molecule has 1 nitrogen and oxygen atoms in total. The van der Waals surface area contributed by atoms with Crippen LogP contribution in [0.4, 0.5) is 0 Å². The van der Waals surface area contributed by atoms with Crippen LogP contribution in [0, 0.1) is 0 Å². The van der Waals surface area contributed by atoms with Crippen molar-refractivity contribution in [1.29, 1.82) is 0 Å². The summed E-state index contributed by atoms with van der Waals surface area (Å²) in [6.07, 6.45) is 7.76. The molecule has 10 heavy (non-hydrogen) atoms. The maximum absolute atomic E-state index is 5.22. The van der Waals surface area contributed by atoms with Crippen LogP contribution in [0.25, 0.3) is 0 Å². The predicted molar refractivity (Wildman–Crippen MR) is 42.7 cm³/mol. The molecule has 0 heterocycles. The van der Waals surface area contributed by atoms with E-state index in [1.165, 1.54) is 31.1 Å². The largest absolute Gasteiger partial charge is 0.495 e. The summed E-state index contributed by atoms with van der Waals surface area (Å²) in [5.74, 6) is 0. The first-order valence-electron chi connectivity index (χ1n) is 3.80. The molecule has 1 aliphatic rings. The van der Waals surface area contributed by atoms with Crippen LogP contribution in [0.1, 0.15) is 26.2 Å². The first-order valence-corrected chi connectivity index (χ1v) is 3.80. The van der Waals surface area contributed by atoms with Crippen molar-refractivity contribution in [2.45, 2.75) is 32.3 Å². The predicted octanol–water partition coefficient (Wildman–Crippen LogP) is 2.65. The Balaban J connectivity index is 2.39. The van der Waals surface area contributed by atoms with Gasteiger partial charge in [0.05, 0.1) is 6.26 Å². The van der Waals surface area contributed by atoms with E-state index in [1.807, 2.05) is 0 Å². The average Bonchev–Trinajstić information content (AvgIpc) is 2.38. The summed E-state index contributed by atoms with van der Waals surface area (Å²) in [7, 11) is 0. The third-order valence-electron chi connectivity index (χ3n) is 1.90. The molecule has 0 aromatic carbocycles. The fourth-order valence-electron chi connectivity index (χ4n) is 1.30. The Morgan fingerprint density at radius 2 is 2.60 bits per heavy atom. The molecule has 1 heteroatoms. The topological polar surface area (TPSA) is 9.23 Å². The van der Waals surface area contributed by atoms with Crippen LogP contribution < -0.4 is 0 Å². The second kappa shape index (κ2) is 3.45. The quantitative estimate of drug-likeness (QED) is 0.430. The average molecular weight is 138 g/mol. The molecular formula is C9H14O. The zero-order valence-corrected chi connectivity index (χ0v) is 6.47. The van der Waals surface area contributed by atoms with Crippen molar-refractivity contribution in [3.8, 4) is 0 Å². The van der Waals surface area contributed by atoms with Crippen LogP contribution in [0.5, 0.6) is 0 Å². The van der Waals surface area contributed by atoms with Gasteiger partial charge in [0, 0.05) is 0 Å². The number of allylic oxidation sites excluding steroid dienone is 1. The van der Waals surface area contributed by atoms with E-state index in [-0.39, 0.29) is 6.10 Å². The minimum Gasteiger partial charge on any atom is -0.495 e. The van der Waals surface area contributed by atoms with Gasteiger partial charge in [-0.2, -0.15) is 0 Å². The highest BCUT2D eigenvalue weighted by molar-refractivity contribution is 5.12. The number of hydrogen-bond donors (Lipinski definition) is 0. The lowest BCUT2D eigenvalue weighted by atomic mass is 10.1. The fraction of sp³-hybridized carbons (Fsp3) is 0.556. The van der Waals surface area contributed by atoms with Gasteiger partial charge in [-0.15, -0.1) is 0 Å². The highest BCUT2D eigenvalue weighted by atomic mass is 16.5. The summed E-state index contributed by atoms with van der Waals surface area (Å²) in [6, 6.07) is 0. The molecule has 0 aromatic heterocycles. The molecule has 1 rings (SSSR count). The van der Waals surface area contributed by atoms with E-state index in [1.54, 1.807) is 0 Å². The van der Waals surface area contributed by atoms with Gasteiger partial charge >= 0.3 is 0 Å². The van der Waals surface area contributed by atoms with Crippen LogP contribution >= 0.6 is 0 Å². The first-order chi connectivity index (χ1) is 4.84. The number of rotatable bonds is 3. The summed E-state index contributed by atoms with van der Waals surface area (Å²) < 4.78 is 5.22. The molecule has 56 valence electrons. The summed E-state index contributed by atoms with van der Waals surface area (Å²) in [6.45, 7) is 5.59. The summed E-state index contributed by atoms with van der Waals surface area (Å²) >= 11 is 0. The SMILES string of the molecule is C=COC(C)C1=CCCC1. The van der Waals surface area contributed by atoms with Crippen molar-refractivity contribution < 1.29 is 4.74 Å². The van der Waals surface area contributed by atoms with Gasteiger partial charge in [-0.25, -0.2) is 0 Å². The van der Waals surface area contributed by atoms with Crippen LogP contribution in [0.2, 0.25) is 0 Å². The van der Waals surface area contributed by atoms with E-state index in [4.69, 9.17) is 4.74 Å². The van der Waals surface area contributed by atoms with Gasteiger partial charge < -0.3 is 4.74 Å². The van der Waals surface area contributed by atoms with Crippen molar-refractivity contribution in [3.63, 3.8) is 0 Å². The van der Waals surface area contributed by atoms with E-state index in [0.717, 1.165) is 0 Å². The van der Waals surface area contributed by atoms with Crippen LogP contribution in [-0.4, -0.2) is 6.10 Å². The molecule has 0 saturated carbocycles. The Morgan fingerprint density at radius 3 is 3.10 bits per heavy atom. The van der Waals surface area contributed by atoms with Crippen LogP contribution in [0.15, 0.2) is 24.5 Å². The molecule has 1 atom stereocenters. The third-order valence-corrected chi connectivity index (χ3v) is 1.90. The van der Waals surface area contributed by atoms with Crippen molar-refractivity contribution in [2.75, 3.05) is 0 Å². The molecule has 0 spiro atoms. The molecule has 0 fully saturated rings. The molecule has 0 bridgehead atoms. The molecule has 1 unspecified atom stereocenters. The van der Waals surface area contributed by atoms with Gasteiger partial charge in [0.15, 0.2) is 0 Å². The smallest absolute Gasteiger partial charge is 0.116 e. The van der Waals surface area contributed by atoms with E-state index < -0.39 is 0 Å². The summed E-state index contributed by atoms with van der Waals surface area (Å²) in [5, 5.41) is 0. The number of hydrogen-bond acceptors (Lipinski definition) is 1. The Kier molecular flexibility index (Phi) is 2.55. The van der Waals surface area contributed by atoms with Gasteiger partial charge in [-0.05, 0) is 31.8 Å². The van der Waals surface area contributed by atoms with Gasteiger partial charge in [-0.3, -0.25) is 0 Å². The molecular weight excluding hydrogens is 124 g/mol. The highest BCUT2D eigenvalue weighted by Gasteiger charge is 2.11. The second-order valence-corrected chi connectivity index (χ2v) is 2.62. The van der Waals surface area contributed by atoms with Gasteiger partial charge in [-0.1, -0.05) is 12.7 Å². The van der Waals surface area contributed by atoms with Crippen molar-refractivity contribution in [3.05, 3.63) is 24.5 Å². The molecule has 0 N–H and O–H groups in total. The molecule has 0 radical (unpaired) electrons. The highest BCUT2D eigenvalue weighted by Crippen LogP contribution is 2.22. The second-order valence-electron chi connectivity index (χ2n) is 2.62. The Labute approximate surface area is 62.4 Å². The van der Waals surface area contributed by atoms with Crippen molar-refractivity contribution in [1.82, 2.24) is 0 Å². The standard InChI is InChI=1S/C9H14O/c1-3-10-8(2)9-6-4-5-7-9/h3,6,8H,1,4-5,7H2,2H3. The number of ether oxygens (including phenoxy) is 1. The minimum absolute atomic E-state index is 0.250. The maximum Gasteiger partial charge on any atom is 0.116 e. The first kappa shape index (κ1) is 7.39. The van der Waals surface area contributed by atoms with Crippen LogP contribution in [0.3, 0.4) is 0 Å². The van der Waals surface area contributed by atoms with Crippen molar-refractivity contribution in [2.24, 2.45) is 0 Å². The minimum atomic E-state index is 0.250. The van der Waals surface area contributed by atoms with Gasteiger partial charge in [0.25, 0.3) is 0 Å². The molecule has 0 aromatic rings. The Morgan fingerprint density at radius 1 is 1.80 bits per heavy atom. The molecule has 0 amide bonds. The molecule has 1 aliphatic carbocycles. The molecule has 0 aliphatic heterocycles. The van der Waals surface area contributed by atoms with E-state index in [0.29, 0.717) is 0 Å². The molecule has 0 saturated heterocycles. The summed E-state index contributed by atoms with van der Waals surface area (Å²) in [5.41, 5.74) is 1.43. The lowest BCUT2D eigenvalue weighted by molar-refractivity contribution is 0.192. The lowest BCUT2D eigenvalue weighted by Crippen LogP contribution is -2.05. The zero-order chi connectivity index (χ0) is 7.40. The Hall–Kier alpha value is -0.720. The van der Waals surface area contributed by atoms with E-state index in [2.05, 4.69) is 19.6 Å². The van der Waals surface area contributed by atoms with E-state index in [9.17, 15) is 0 Å². The zero-order valence-electron chi connectivity index (χ0n) is 6.47. The Bertz CT molecular complexity index is 147. The fourth-order valence-corrected chi connectivity index (χ4v) is 1.30. The van der Waals surface area contributed by atoms with Gasteiger partial charge in [0.1, 0.15) is 6.10 Å². The van der Waals surface area contributed by atoms with E-state index >= 15 is 0 Å².